The van der Waals surface area contributed by atoms with E-state index in [1.807, 2.05) is 6.07 Å². The average Bonchev–Trinajstić information content (AvgIpc) is 3.17. The Morgan fingerprint density at radius 2 is 1.41 bits per heavy atom. The lowest BCUT2D eigenvalue weighted by Gasteiger charge is -2.39. The van der Waals surface area contributed by atoms with Crippen molar-refractivity contribution in [3.8, 4) is 17.2 Å². The van der Waals surface area contributed by atoms with Crippen LogP contribution in [-0.2, 0) is 13.0 Å². The molecule has 0 amide bonds. The smallest absolute Gasteiger partial charge is 0.231 e. The lowest BCUT2D eigenvalue weighted by atomic mass is 10.0. The minimum atomic E-state index is 0.250. The summed E-state index contributed by atoms with van der Waals surface area (Å²) in [5.74, 6) is 2.41. The van der Waals surface area contributed by atoms with Crippen molar-refractivity contribution in [2.75, 3.05) is 18.3 Å². The van der Waals surface area contributed by atoms with Gasteiger partial charge in [-0.3, -0.25) is 0 Å². The molecular formula is C23H21NO3. The molecule has 4 heteroatoms. The Morgan fingerprint density at radius 3 is 2.15 bits per heavy atom. The van der Waals surface area contributed by atoms with E-state index in [9.17, 15) is 0 Å². The number of anilines is 1. The summed E-state index contributed by atoms with van der Waals surface area (Å²) in [6.07, 6.45) is 0.932. The number of rotatable bonds is 4. The lowest BCUT2D eigenvalue weighted by molar-refractivity contribution is 0.174. The summed E-state index contributed by atoms with van der Waals surface area (Å²) in [5, 5.41) is 0. The van der Waals surface area contributed by atoms with Crippen molar-refractivity contribution in [2.45, 2.75) is 19.0 Å². The fourth-order valence-electron chi connectivity index (χ4n) is 3.77. The van der Waals surface area contributed by atoms with E-state index in [1.54, 1.807) is 0 Å². The van der Waals surface area contributed by atoms with Crippen LogP contribution < -0.4 is 19.1 Å². The maximum atomic E-state index is 6.12. The van der Waals surface area contributed by atoms with Crippen LogP contribution in [-0.4, -0.2) is 19.4 Å². The molecule has 4 nitrogen and oxygen atoms in total. The first-order chi connectivity index (χ1) is 13.4. The van der Waals surface area contributed by atoms with Crippen molar-refractivity contribution in [3.63, 3.8) is 0 Å². The van der Waals surface area contributed by atoms with E-state index in [-0.39, 0.29) is 12.8 Å². The maximum absolute atomic E-state index is 6.12. The minimum Gasteiger partial charge on any atom is -0.489 e. The fraction of sp³-hybridized carbons (Fsp3) is 0.217. The van der Waals surface area contributed by atoms with Gasteiger partial charge in [-0.15, -0.1) is 0 Å². The van der Waals surface area contributed by atoms with Gasteiger partial charge in [-0.05, 0) is 17.5 Å². The molecule has 2 aliphatic rings. The third kappa shape index (κ3) is 3.19. The monoisotopic (exact) mass is 359 g/mol. The Hall–Kier alpha value is -3.14. The van der Waals surface area contributed by atoms with E-state index in [0.717, 1.165) is 35.9 Å². The van der Waals surface area contributed by atoms with Crippen LogP contribution >= 0.6 is 0 Å². The number of hydrogen-bond donors (Lipinski definition) is 0. The summed E-state index contributed by atoms with van der Waals surface area (Å²) < 4.78 is 17.3. The molecule has 3 aromatic rings. The molecule has 0 unspecified atom stereocenters. The van der Waals surface area contributed by atoms with Crippen molar-refractivity contribution >= 4 is 5.69 Å². The van der Waals surface area contributed by atoms with Crippen molar-refractivity contribution in [1.29, 1.82) is 0 Å². The van der Waals surface area contributed by atoms with Crippen molar-refractivity contribution in [1.82, 2.24) is 0 Å². The predicted octanol–water partition coefficient (Wildman–Crippen LogP) is 4.43. The maximum Gasteiger partial charge on any atom is 0.231 e. The molecule has 0 aromatic heterocycles. The van der Waals surface area contributed by atoms with Gasteiger partial charge in [0.2, 0.25) is 6.79 Å². The second-order valence-corrected chi connectivity index (χ2v) is 6.94. The van der Waals surface area contributed by atoms with Crippen molar-refractivity contribution < 1.29 is 14.2 Å². The molecule has 0 N–H and O–H groups in total. The van der Waals surface area contributed by atoms with Crippen LogP contribution in [0.3, 0.4) is 0 Å². The number of ether oxygens (including phenoxy) is 3. The summed E-state index contributed by atoms with van der Waals surface area (Å²) in [6, 6.07) is 25.4. The van der Waals surface area contributed by atoms with Gasteiger partial charge >= 0.3 is 0 Å². The molecule has 3 aromatic carbocycles. The van der Waals surface area contributed by atoms with Gasteiger partial charge in [-0.1, -0.05) is 60.7 Å². The molecule has 0 spiro atoms. The Bertz CT molecular complexity index is 927. The zero-order valence-electron chi connectivity index (χ0n) is 15.0. The SMILES string of the molecule is c1ccc(C[C@H]2COc3cc4c(cc3N2Cc2ccccc2)OCO4)cc1. The zero-order chi connectivity index (χ0) is 18.1. The number of nitrogens with zero attached hydrogens (tertiary/aromatic N) is 1. The lowest BCUT2D eigenvalue weighted by Crippen LogP contribution is -2.44. The largest absolute Gasteiger partial charge is 0.489 e. The highest BCUT2D eigenvalue weighted by Crippen LogP contribution is 2.45. The van der Waals surface area contributed by atoms with Gasteiger partial charge in [0.1, 0.15) is 12.4 Å². The van der Waals surface area contributed by atoms with Crippen LogP contribution in [0.2, 0.25) is 0 Å². The third-order valence-corrected chi connectivity index (χ3v) is 5.15. The summed E-state index contributed by atoms with van der Waals surface area (Å²) >= 11 is 0. The highest BCUT2D eigenvalue weighted by atomic mass is 16.7. The fourth-order valence-corrected chi connectivity index (χ4v) is 3.77. The third-order valence-electron chi connectivity index (χ3n) is 5.15. The summed E-state index contributed by atoms with van der Waals surface area (Å²) in [7, 11) is 0. The first-order valence-corrected chi connectivity index (χ1v) is 9.28. The second kappa shape index (κ2) is 6.88. The number of hydrogen-bond acceptors (Lipinski definition) is 4. The molecule has 0 fully saturated rings. The Kier molecular flexibility index (Phi) is 4.09. The molecular weight excluding hydrogens is 338 g/mol. The normalized spacial score (nSPS) is 17.3. The Morgan fingerprint density at radius 1 is 0.741 bits per heavy atom. The van der Waals surface area contributed by atoms with Crippen LogP contribution in [0.25, 0.3) is 0 Å². The van der Waals surface area contributed by atoms with E-state index in [0.29, 0.717) is 6.61 Å². The van der Waals surface area contributed by atoms with E-state index >= 15 is 0 Å². The van der Waals surface area contributed by atoms with Gasteiger partial charge < -0.3 is 19.1 Å². The van der Waals surface area contributed by atoms with Gasteiger partial charge in [0.05, 0.1) is 11.7 Å². The highest BCUT2D eigenvalue weighted by molar-refractivity contribution is 5.68. The molecule has 5 rings (SSSR count). The van der Waals surface area contributed by atoms with Gasteiger partial charge in [0.25, 0.3) is 0 Å². The van der Waals surface area contributed by atoms with E-state index < -0.39 is 0 Å². The van der Waals surface area contributed by atoms with Crippen LogP contribution in [0.5, 0.6) is 17.2 Å². The van der Waals surface area contributed by atoms with Gasteiger partial charge in [0.15, 0.2) is 11.5 Å². The quantitative estimate of drug-likeness (QED) is 0.690. The van der Waals surface area contributed by atoms with E-state index in [2.05, 4.69) is 71.6 Å². The highest BCUT2D eigenvalue weighted by Gasteiger charge is 2.31. The molecule has 0 aliphatic carbocycles. The Balaban J connectivity index is 1.51. The van der Waals surface area contributed by atoms with Crippen LogP contribution in [0.15, 0.2) is 72.8 Å². The molecule has 2 heterocycles. The van der Waals surface area contributed by atoms with Gasteiger partial charge in [-0.25, -0.2) is 0 Å². The first kappa shape index (κ1) is 16.1. The first-order valence-electron chi connectivity index (χ1n) is 9.28. The molecule has 0 saturated heterocycles. The summed E-state index contributed by atoms with van der Waals surface area (Å²) in [4.78, 5) is 2.43. The molecule has 136 valence electrons. The van der Waals surface area contributed by atoms with E-state index in [4.69, 9.17) is 14.2 Å². The molecule has 0 radical (unpaired) electrons. The predicted molar refractivity (Wildman–Crippen MR) is 105 cm³/mol. The van der Waals surface area contributed by atoms with Crippen molar-refractivity contribution in [2.24, 2.45) is 0 Å². The van der Waals surface area contributed by atoms with Gasteiger partial charge in [0, 0.05) is 18.7 Å². The average molecular weight is 359 g/mol. The number of fused-ring (bicyclic) bond motifs is 2. The molecule has 0 bridgehead atoms. The number of benzene rings is 3. The standard InChI is InChI=1S/C23H21NO3/c1-3-7-17(8-4-1)11-19-15-25-21-13-23-22(26-16-27-23)12-20(21)24(19)14-18-9-5-2-6-10-18/h1-10,12-13,19H,11,14-16H2/t19-/m0/s1. The van der Waals surface area contributed by atoms with Crippen LogP contribution in [0, 0.1) is 0 Å². The second-order valence-electron chi connectivity index (χ2n) is 6.94. The molecule has 1 atom stereocenters. The van der Waals surface area contributed by atoms with Crippen LogP contribution in [0.1, 0.15) is 11.1 Å². The van der Waals surface area contributed by atoms with E-state index in [1.165, 1.54) is 11.1 Å². The van der Waals surface area contributed by atoms with Crippen molar-refractivity contribution in [3.05, 3.63) is 83.9 Å². The topological polar surface area (TPSA) is 30.9 Å². The zero-order valence-corrected chi connectivity index (χ0v) is 15.0. The van der Waals surface area contributed by atoms with Crippen LogP contribution in [0.4, 0.5) is 5.69 Å². The summed E-state index contributed by atoms with van der Waals surface area (Å²) in [5.41, 5.74) is 3.66. The minimum absolute atomic E-state index is 0.250. The molecule has 27 heavy (non-hydrogen) atoms. The summed E-state index contributed by atoms with van der Waals surface area (Å²) in [6.45, 7) is 1.74. The molecule has 0 saturated carbocycles. The Labute approximate surface area is 158 Å². The molecule has 2 aliphatic heterocycles. The van der Waals surface area contributed by atoms with Gasteiger partial charge in [-0.2, -0.15) is 0 Å².